The zero-order valence-corrected chi connectivity index (χ0v) is 10.8. The van der Waals surface area contributed by atoms with E-state index in [2.05, 4.69) is 44.9 Å². The molecule has 66 valence electrons. The van der Waals surface area contributed by atoms with Crippen LogP contribution < -0.4 is 0 Å². The molecular formula is C11H18Sb+. The molecule has 0 saturated carbocycles. The molecule has 0 aromatic heterocycles. The van der Waals surface area contributed by atoms with Crippen LogP contribution >= 0.6 is 0 Å². The maximum absolute atomic E-state index is 2.49. The van der Waals surface area contributed by atoms with Crippen molar-refractivity contribution in [2.75, 3.05) is 0 Å². The SMILES string of the molecule is [CH3][Sb+]([CH3])([CH3])[CH2]Cc1ccccc1. The average Bonchev–Trinajstić information content (AvgIpc) is 2.02. The molecule has 0 amide bonds. The molecule has 12 heavy (non-hydrogen) atoms. The molecular weight excluding hydrogens is 254 g/mol. The van der Waals surface area contributed by atoms with Crippen molar-refractivity contribution in [3.63, 3.8) is 0 Å². The van der Waals surface area contributed by atoms with Crippen LogP contribution in [0.5, 0.6) is 0 Å². The summed E-state index contributed by atoms with van der Waals surface area (Å²) in [6.45, 7) is 0. The molecule has 0 N–H and O–H groups in total. The van der Waals surface area contributed by atoms with Crippen LogP contribution in [0.25, 0.3) is 0 Å². The third-order valence-corrected chi connectivity index (χ3v) is 6.38. The van der Waals surface area contributed by atoms with Gasteiger partial charge in [0.05, 0.1) is 0 Å². The molecule has 1 aromatic rings. The minimum atomic E-state index is -1.41. The van der Waals surface area contributed by atoms with Gasteiger partial charge in [-0.05, 0) is 0 Å². The van der Waals surface area contributed by atoms with Crippen molar-refractivity contribution in [3.8, 4) is 0 Å². The number of hydrogen-bond donors (Lipinski definition) is 0. The van der Waals surface area contributed by atoms with E-state index < -0.39 is 18.8 Å². The summed E-state index contributed by atoms with van der Waals surface area (Å²) in [6.07, 6.45) is 1.29. The molecule has 0 fully saturated rings. The minimum absolute atomic E-state index is 1.29. The Labute approximate surface area is 80.0 Å². The maximum atomic E-state index is 2.49. The van der Waals surface area contributed by atoms with Gasteiger partial charge in [0.15, 0.2) is 0 Å². The number of aryl methyl sites for hydroxylation is 1. The van der Waals surface area contributed by atoms with E-state index in [0.29, 0.717) is 0 Å². The van der Waals surface area contributed by atoms with Crippen LogP contribution in [-0.2, 0) is 6.42 Å². The van der Waals surface area contributed by atoms with E-state index in [1.54, 1.807) is 0 Å². The van der Waals surface area contributed by atoms with Gasteiger partial charge < -0.3 is 0 Å². The van der Waals surface area contributed by atoms with Crippen LogP contribution in [0.2, 0.25) is 19.0 Å². The van der Waals surface area contributed by atoms with Gasteiger partial charge in [0.2, 0.25) is 0 Å². The van der Waals surface area contributed by atoms with E-state index in [-0.39, 0.29) is 0 Å². The Morgan fingerprint density at radius 2 is 1.58 bits per heavy atom. The number of benzene rings is 1. The molecule has 0 heterocycles. The first kappa shape index (κ1) is 10.1. The zero-order chi connectivity index (χ0) is 9.03. The van der Waals surface area contributed by atoms with Crippen LogP contribution in [-0.4, -0.2) is 18.8 Å². The predicted octanol–water partition coefficient (Wildman–Crippen LogP) is 3.57. The molecule has 0 bridgehead atoms. The summed E-state index contributed by atoms with van der Waals surface area (Å²) < 4.78 is 1.46. The molecule has 0 atom stereocenters. The summed E-state index contributed by atoms with van der Waals surface area (Å²) in [7, 11) is 0. The molecule has 1 heteroatoms. The fourth-order valence-corrected chi connectivity index (χ4v) is 3.76. The molecule has 0 saturated heterocycles. The van der Waals surface area contributed by atoms with Gasteiger partial charge in [-0.2, -0.15) is 0 Å². The summed E-state index contributed by atoms with van der Waals surface area (Å²) in [6, 6.07) is 10.8. The fourth-order valence-electron chi connectivity index (χ4n) is 1.11. The first-order valence-corrected chi connectivity index (χ1v) is 13.9. The summed E-state index contributed by atoms with van der Waals surface area (Å²) in [4.78, 5) is 7.46. The van der Waals surface area contributed by atoms with Gasteiger partial charge in [-0.15, -0.1) is 0 Å². The van der Waals surface area contributed by atoms with Crippen molar-refractivity contribution >= 4 is 18.8 Å². The normalized spacial score (nSPS) is 11.6. The summed E-state index contributed by atoms with van der Waals surface area (Å²) in [5.74, 6) is 0. The first-order valence-electron chi connectivity index (χ1n) is 4.42. The van der Waals surface area contributed by atoms with E-state index in [4.69, 9.17) is 0 Å². The molecule has 0 aliphatic rings. The first-order chi connectivity index (χ1) is 5.58. The van der Waals surface area contributed by atoms with E-state index in [1.807, 2.05) is 0 Å². The second-order valence-electron chi connectivity index (χ2n) is 4.25. The Hall–Kier alpha value is 0.0382. The zero-order valence-electron chi connectivity index (χ0n) is 8.25. The van der Waals surface area contributed by atoms with Crippen LogP contribution in [0.3, 0.4) is 0 Å². The monoisotopic (exact) mass is 271 g/mol. The Balaban J connectivity index is 2.44. The van der Waals surface area contributed by atoms with E-state index in [9.17, 15) is 0 Å². The topological polar surface area (TPSA) is 0 Å². The molecule has 0 aliphatic heterocycles. The van der Waals surface area contributed by atoms with Gasteiger partial charge >= 0.3 is 80.1 Å². The third-order valence-electron chi connectivity index (χ3n) is 1.91. The summed E-state index contributed by atoms with van der Waals surface area (Å²) in [5, 5.41) is 0. The van der Waals surface area contributed by atoms with Crippen molar-refractivity contribution in [1.29, 1.82) is 0 Å². The summed E-state index contributed by atoms with van der Waals surface area (Å²) in [5.41, 5.74) is 1.50. The van der Waals surface area contributed by atoms with E-state index in [0.717, 1.165) is 0 Å². The van der Waals surface area contributed by atoms with Crippen molar-refractivity contribution in [2.24, 2.45) is 0 Å². The molecule has 0 unspecified atom stereocenters. The molecule has 0 nitrogen and oxygen atoms in total. The van der Waals surface area contributed by atoms with E-state index in [1.165, 1.54) is 16.4 Å². The Bertz CT molecular complexity index is 221. The van der Waals surface area contributed by atoms with Crippen LogP contribution in [0.4, 0.5) is 0 Å². The standard InChI is InChI=1S/C8H9.3CH3.Sb/c1-2-8-6-4-3-5-7-8;;;;/h3-7H,1-2H2;3*1H3;/q;;;;+1. The number of hydrogen-bond acceptors (Lipinski definition) is 0. The third kappa shape index (κ3) is 4.16. The van der Waals surface area contributed by atoms with E-state index >= 15 is 0 Å². The number of rotatable bonds is 3. The molecule has 0 aliphatic carbocycles. The Kier molecular flexibility index (Phi) is 3.65. The van der Waals surface area contributed by atoms with Gasteiger partial charge in [-0.1, -0.05) is 0 Å². The Morgan fingerprint density at radius 3 is 2.08 bits per heavy atom. The van der Waals surface area contributed by atoms with Crippen molar-refractivity contribution in [3.05, 3.63) is 35.9 Å². The average molecular weight is 272 g/mol. The van der Waals surface area contributed by atoms with Crippen LogP contribution in [0.1, 0.15) is 5.56 Å². The summed E-state index contributed by atoms with van der Waals surface area (Å²) >= 11 is -1.41. The predicted molar refractivity (Wildman–Crippen MR) is 58.3 cm³/mol. The molecule has 0 spiro atoms. The van der Waals surface area contributed by atoms with Gasteiger partial charge in [0.25, 0.3) is 0 Å². The molecule has 1 aromatic carbocycles. The van der Waals surface area contributed by atoms with Crippen molar-refractivity contribution in [1.82, 2.24) is 0 Å². The van der Waals surface area contributed by atoms with Gasteiger partial charge in [-0.3, -0.25) is 0 Å². The van der Waals surface area contributed by atoms with Gasteiger partial charge in [-0.25, -0.2) is 0 Å². The molecule has 1 rings (SSSR count). The van der Waals surface area contributed by atoms with Crippen molar-refractivity contribution in [2.45, 2.75) is 25.4 Å². The fraction of sp³-hybridized carbons (Fsp3) is 0.455. The molecule has 0 radical (unpaired) electrons. The second kappa shape index (κ2) is 4.32. The van der Waals surface area contributed by atoms with Gasteiger partial charge in [0.1, 0.15) is 0 Å². The van der Waals surface area contributed by atoms with Crippen LogP contribution in [0, 0.1) is 0 Å². The Morgan fingerprint density at radius 1 is 1.00 bits per heavy atom. The van der Waals surface area contributed by atoms with Gasteiger partial charge in [0, 0.05) is 0 Å². The second-order valence-corrected chi connectivity index (χ2v) is 18.6. The van der Waals surface area contributed by atoms with Crippen LogP contribution in [0.15, 0.2) is 30.3 Å². The van der Waals surface area contributed by atoms with Crippen molar-refractivity contribution < 1.29 is 0 Å². The quantitative estimate of drug-likeness (QED) is 0.738.